The van der Waals surface area contributed by atoms with E-state index in [4.69, 9.17) is 9.47 Å². The first-order valence-electron chi connectivity index (χ1n) is 7.74. The third kappa shape index (κ3) is 4.02. The van der Waals surface area contributed by atoms with Crippen molar-refractivity contribution in [1.29, 1.82) is 0 Å². The van der Waals surface area contributed by atoms with Crippen molar-refractivity contribution in [2.75, 3.05) is 7.11 Å². The molecule has 0 spiro atoms. The fourth-order valence-electron chi connectivity index (χ4n) is 2.38. The van der Waals surface area contributed by atoms with Gasteiger partial charge in [0.25, 0.3) is 0 Å². The van der Waals surface area contributed by atoms with Crippen molar-refractivity contribution in [2.45, 2.75) is 33.3 Å². The van der Waals surface area contributed by atoms with Crippen molar-refractivity contribution in [1.82, 2.24) is 0 Å². The maximum Gasteiger partial charge on any atom is 0.342 e. The summed E-state index contributed by atoms with van der Waals surface area (Å²) in [6, 6.07) is 11.5. The number of benzene rings is 2. The van der Waals surface area contributed by atoms with Crippen LogP contribution in [0.1, 0.15) is 33.3 Å². The number of methoxy groups -OCH3 is 1. The summed E-state index contributed by atoms with van der Waals surface area (Å²) in [5.74, 6) is -0.389. The van der Waals surface area contributed by atoms with Gasteiger partial charge in [-0.25, -0.2) is 4.79 Å². The first-order chi connectivity index (χ1) is 11.2. The molecule has 0 bridgehead atoms. The van der Waals surface area contributed by atoms with Crippen LogP contribution in [0.25, 0.3) is 16.8 Å². The zero-order valence-electron chi connectivity index (χ0n) is 14.7. The van der Waals surface area contributed by atoms with Gasteiger partial charge in [-0.05, 0) is 50.6 Å². The van der Waals surface area contributed by atoms with E-state index in [1.165, 1.54) is 6.92 Å². The molecular weight excluding hydrogens is 304 g/mol. The summed E-state index contributed by atoms with van der Waals surface area (Å²) < 4.78 is 10.8. The lowest BCUT2D eigenvalue weighted by Crippen LogP contribution is -2.26. The second-order valence-corrected chi connectivity index (χ2v) is 6.52. The summed E-state index contributed by atoms with van der Waals surface area (Å²) in [5, 5.41) is 1.90. The van der Waals surface area contributed by atoms with E-state index in [9.17, 15) is 9.59 Å². The van der Waals surface area contributed by atoms with Gasteiger partial charge in [0.1, 0.15) is 16.9 Å². The lowest BCUT2D eigenvalue weighted by molar-refractivity contribution is -0.150. The molecule has 0 aliphatic heterocycles. The molecule has 24 heavy (non-hydrogen) atoms. The van der Waals surface area contributed by atoms with Crippen LogP contribution in [0.4, 0.5) is 0 Å². The number of hydrogen-bond donors (Lipinski definition) is 0. The Balaban J connectivity index is 2.63. The Morgan fingerprint density at radius 1 is 1.04 bits per heavy atom. The number of rotatable bonds is 4. The van der Waals surface area contributed by atoms with Gasteiger partial charge in [0.15, 0.2) is 5.78 Å². The molecule has 4 heteroatoms. The smallest absolute Gasteiger partial charge is 0.342 e. The van der Waals surface area contributed by atoms with Gasteiger partial charge in [-0.1, -0.05) is 30.3 Å². The Bertz CT molecular complexity index is 810. The quantitative estimate of drug-likeness (QED) is 0.366. The van der Waals surface area contributed by atoms with Crippen molar-refractivity contribution >= 4 is 28.6 Å². The number of carbonyl (C=O) groups excluding carboxylic acids is 2. The molecule has 0 fully saturated rings. The van der Waals surface area contributed by atoms with Gasteiger partial charge in [-0.15, -0.1) is 0 Å². The number of hydrogen-bond acceptors (Lipinski definition) is 4. The fraction of sp³-hybridized carbons (Fsp3) is 0.300. The van der Waals surface area contributed by atoms with Gasteiger partial charge in [0.05, 0.1) is 7.11 Å². The summed E-state index contributed by atoms with van der Waals surface area (Å²) in [7, 11) is 1.56. The summed E-state index contributed by atoms with van der Waals surface area (Å²) in [6.07, 6.45) is 1.55. The molecule has 0 aromatic heterocycles. The number of fused-ring (bicyclic) bond motifs is 1. The van der Waals surface area contributed by atoms with E-state index in [2.05, 4.69) is 0 Å². The number of carbonyl (C=O) groups is 2. The second-order valence-electron chi connectivity index (χ2n) is 6.52. The van der Waals surface area contributed by atoms with E-state index in [0.717, 1.165) is 10.8 Å². The normalized spacial score (nSPS) is 12.1. The van der Waals surface area contributed by atoms with Gasteiger partial charge in [-0.3, -0.25) is 4.79 Å². The molecule has 0 aliphatic carbocycles. The Labute approximate surface area is 142 Å². The maximum absolute atomic E-state index is 12.4. The summed E-state index contributed by atoms with van der Waals surface area (Å²) in [5.41, 5.74) is 0.0142. The van der Waals surface area contributed by atoms with E-state index >= 15 is 0 Å². The highest BCUT2D eigenvalue weighted by atomic mass is 16.6. The molecule has 2 rings (SSSR count). The average molecular weight is 326 g/mol. The minimum atomic E-state index is -0.672. The Kier molecular flexibility index (Phi) is 5.07. The van der Waals surface area contributed by atoms with E-state index in [-0.39, 0.29) is 11.4 Å². The molecular formula is C20H22O4. The monoisotopic (exact) mass is 326 g/mol. The number of esters is 1. The van der Waals surface area contributed by atoms with Gasteiger partial charge in [-0.2, -0.15) is 0 Å². The third-order valence-corrected chi connectivity index (χ3v) is 3.44. The van der Waals surface area contributed by atoms with Gasteiger partial charge >= 0.3 is 5.97 Å². The van der Waals surface area contributed by atoms with E-state index < -0.39 is 11.6 Å². The van der Waals surface area contributed by atoms with Gasteiger partial charge in [0.2, 0.25) is 0 Å². The van der Waals surface area contributed by atoms with Crippen LogP contribution in [0.5, 0.6) is 5.75 Å². The van der Waals surface area contributed by atoms with Crippen molar-refractivity contribution in [3.8, 4) is 5.75 Å². The Morgan fingerprint density at radius 2 is 1.71 bits per heavy atom. The molecule has 0 saturated carbocycles. The molecule has 0 aliphatic rings. The zero-order chi connectivity index (χ0) is 17.9. The molecule has 126 valence electrons. The molecule has 2 aromatic carbocycles. The third-order valence-electron chi connectivity index (χ3n) is 3.44. The van der Waals surface area contributed by atoms with Crippen LogP contribution < -0.4 is 4.74 Å². The topological polar surface area (TPSA) is 52.6 Å². The Morgan fingerprint density at radius 3 is 2.29 bits per heavy atom. The standard InChI is InChI=1S/C20H22O4/c1-13(21)16(19(22)24-20(2,3)4)12-17-15-9-7-6-8-14(15)10-11-18(17)23-5/h6-12H,1-5H3/b16-12+. The predicted molar refractivity (Wildman–Crippen MR) is 95.0 cm³/mol. The highest BCUT2D eigenvalue weighted by molar-refractivity contribution is 6.20. The largest absolute Gasteiger partial charge is 0.496 e. The van der Waals surface area contributed by atoms with Crippen LogP contribution in [0.15, 0.2) is 42.0 Å². The number of ether oxygens (including phenoxy) is 2. The molecule has 0 N–H and O–H groups in total. The van der Waals surface area contributed by atoms with Crippen molar-refractivity contribution in [2.24, 2.45) is 0 Å². The van der Waals surface area contributed by atoms with E-state index in [0.29, 0.717) is 11.3 Å². The first-order valence-corrected chi connectivity index (χ1v) is 7.74. The predicted octanol–water partition coefficient (Wildman–Crippen LogP) is 4.16. The first kappa shape index (κ1) is 17.7. The van der Waals surface area contributed by atoms with E-state index in [1.807, 2.05) is 36.4 Å². The van der Waals surface area contributed by atoms with Crippen molar-refractivity contribution in [3.63, 3.8) is 0 Å². The summed E-state index contributed by atoms with van der Waals surface area (Å²) >= 11 is 0. The minimum Gasteiger partial charge on any atom is -0.496 e. The highest BCUT2D eigenvalue weighted by Crippen LogP contribution is 2.30. The number of Topliss-reactive ketones (excluding diaryl/α,β-unsaturated/α-hetero) is 1. The SMILES string of the molecule is COc1ccc2ccccc2c1/C=C(\C(C)=O)C(=O)OC(C)(C)C. The highest BCUT2D eigenvalue weighted by Gasteiger charge is 2.23. The molecule has 0 unspecified atom stereocenters. The maximum atomic E-state index is 12.4. The van der Waals surface area contributed by atoms with Gasteiger partial charge < -0.3 is 9.47 Å². The van der Waals surface area contributed by atoms with Crippen LogP contribution in [-0.2, 0) is 14.3 Å². The molecule has 0 atom stereocenters. The zero-order valence-corrected chi connectivity index (χ0v) is 14.7. The molecule has 4 nitrogen and oxygen atoms in total. The number of ketones is 1. The molecule has 0 heterocycles. The molecule has 0 radical (unpaired) electrons. The molecule has 2 aromatic rings. The lowest BCUT2D eigenvalue weighted by atomic mass is 10.00. The van der Waals surface area contributed by atoms with E-state index in [1.54, 1.807) is 34.0 Å². The van der Waals surface area contributed by atoms with Crippen LogP contribution in [0, 0.1) is 0 Å². The van der Waals surface area contributed by atoms with Crippen LogP contribution in [0.2, 0.25) is 0 Å². The molecule has 0 saturated heterocycles. The average Bonchev–Trinajstić information content (AvgIpc) is 2.50. The van der Waals surface area contributed by atoms with Crippen molar-refractivity contribution in [3.05, 3.63) is 47.5 Å². The molecule has 0 amide bonds. The lowest BCUT2D eigenvalue weighted by Gasteiger charge is -2.20. The van der Waals surface area contributed by atoms with Crippen LogP contribution >= 0.6 is 0 Å². The fourth-order valence-corrected chi connectivity index (χ4v) is 2.38. The second kappa shape index (κ2) is 6.87. The van der Waals surface area contributed by atoms with Crippen LogP contribution in [0.3, 0.4) is 0 Å². The van der Waals surface area contributed by atoms with Gasteiger partial charge in [0, 0.05) is 5.56 Å². The Hall–Kier alpha value is -2.62. The van der Waals surface area contributed by atoms with Crippen LogP contribution in [-0.4, -0.2) is 24.5 Å². The summed E-state index contributed by atoms with van der Waals surface area (Å²) in [6.45, 7) is 6.65. The minimum absolute atomic E-state index is 0.000391. The summed E-state index contributed by atoms with van der Waals surface area (Å²) in [4.78, 5) is 24.4. The van der Waals surface area contributed by atoms with Crippen molar-refractivity contribution < 1.29 is 19.1 Å².